The van der Waals surface area contributed by atoms with Crippen LogP contribution >= 0.6 is 0 Å². The largest absolute Gasteiger partial charge is 0.455 e. The van der Waals surface area contributed by atoms with E-state index in [0.717, 1.165) is 50.1 Å². The van der Waals surface area contributed by atoms with Crippen molar-refractivity contribution in [3.8, 4) is 16.8 Å². The fourth-order valence-corrected chi connectivity index (χ4v) is 7.47. The van der Waals surface area contributed by atoms with Gasteiger partial charge >= 0.3 is 0 Å². The molecule has 3 nitrogen and oxygen atoms in total. The van der Waals surface area contributed by atoms with Gasteiger partial charge in [-0.3, -0.25) is 0 Å². The minimum Gasteiger partial charge on any atom is -0.455 e. The number of anilines is 3. The van der Waals surface area contributed by atoms with E-state index >= 15 is 0 Å². The minimum atomic E-state index is 0.885. The average Bonchev–Trinajstić information content (AvgIpc) is 3.71. The lowest BCUT2D eigenvalue weighted by atomic mass is 10.0. The van der Waals surface area contributed by atoms with Crippen molar-refractivity contribution in [2.24, 2.45) is 0 Å². The Balaban J connectivity index is 1.19. The SMILES string of the molecule is c1ccc(-c2ccc(N(c3ccc4oc5c6ccccc6ccc5c4c3)c3ccc4c(c3)c3ccccc3n4-c3ccccc3)cc2)cc1. The topological polar surface area (TPSA) is 21.3 Å². The third kappa shape index (κ3) is 4.44. The fraction of sp³-hybridized carbons (Fsp3) is 0. The van der Waals surface area contributed by atoms with Crippen LogP contribution in [-0.4, -0.2) is 4.57 Å². The molecule has 0 saturated carbocycles. The van der Waals surface area contributed by atoms with Crippen LogP contribution in [0.15, 0.2) is 186 Å². The van der Waals surface area contributed by atoms with Gasteiger partial charge in [0.1, 0.15) is 11.2 Å². The van der Waals surface area contributed by atoms with Crippen LogP contribution in [0.25, 0.3) is 71.3 Å². The minimum absolute atomic E-state index is 0.885. The molecule has 0 fully saturated rings. The summed E-state index contributed by atoms with van der Waals surface area (Å²) in [6.07, 6.45) is 0. The van der Waals surface area contributed by atoms with E-state index in [9.17, 15) is 0 Å². The molecule has 2 heterocycles. The molecule has 0 aliphatic rings. The summed E-state index contributed by atoms with van der Waals surface area (Å²) in [5, 5.41) is 6.97. The van der Waals surface area contributed by atoms with E-state index in [1.807, 2.05) is 0 Å². The number of furan rings is 1. The van der Waals surface area contributed by atoms with Crippen LogP contribution in [0.2, 0.25) is 0 Å². The molecule has 0 saturated heterocycles. The predicted octanol–water partition coefficient (Wildman–Crippen LogP) is 13.0. The Labute approximate surface area is 283 Å². The summed E-state index contributed by atoms with van der Waals surface area (Å²) in [7, 11) is 0. The zero-order valence-corrected chi connectivity index (χ0v) is 26.6. The third-order valence-corrected chi connectivity index (χ3v) is 9.76. The zero-order valence-electron chi connectivity index (χ0n) is 26.6. The van der Waals surface area contributed by atoms with Crippen molar-refractivity contribution >= 4 is 71.6 Å². The number of hydrogen-bond donors (Lipinski definition) is 0. The molecule has 49 heavy (non-hydrogen) atoms. The first-order valence-corrected chi connectivity index (χ1v) is 16.7. The van der Waals surface area contributed by atoms with E-state index in [1.54, 1.807) is 0 Å². The second kappa shape index (κ2) is 11.0. The molecule has 0 amide bonds. The van der Waals surface area contributed by atoms with Crippen LogP contribution in [0.3, 0.4) is 0 Å². The highest BCUT2D eigenvalue weighted by Crippen LogP contribution is 2.43. The standard InChI is InChI=1S/C46H30N2O/c1-3-11-31(12-4-1)32-19-22-35(23-20-32)47(37-25-28-45-42(30-37)40-26-21-33-13-7-8-16-38(33)46(40)49-45)36-24-27-44-41(29-36)39-17-9-10-18-43(39)48(44)34-14-5-2-6-15-34/h1-30H. The van der Waals surface area contributed by atoms with E-state index in [4.69, 9.17) is 4.42 Å². The molecule has 0 aliphatic heterocycles. The molecule has 0 spiro atoms. The highest BCUT2D eigenvalue weighted by molar-refractivity contribution is 6.16. The van der Waals surface area contributed by atoms with Crippen LogP contribution in [0.1, 0.15) is 0 Å². The summed E-state index contributed by atoms with van der Waals surface area (Å²) in [4.78, 5) is 2.36. The van der Waals surface area contributed by atoms with Gasteiger partial charge in [-0.2, -0.15) is 0 Å². The highest BCUT2D eigenvalue weighted by atomic mass is 16.3. The van der Waals surface area contributed by atoms with Crippen LogP contribution in [0.4, 0.5) is 17.1 Å². The number of rotatable bonds is 5. The Morgan fingerprint density at radius 1 is 0.388 bits per heavy atom. The van der Waals surface area contributed by atoms with Gasteiger partial charge in [-0.05, 0) is 89.3 Å². The molecule has 2 aromatic heterocycles. The quantitative estimate of drug-likeness (QED) is 0.190. The Kier molecular flexibility index (Phi) is 6.18. The monoisotopic (exact) mass is 626 g/mol. The van der Waals surface area contributed by atoms with Crippen molar-refractivity contribution in [2.75, 3.05) is 4.90 Å². The molecule has 0 aliphatic carbocycles. The number of nitrogens with zero attached hydrogens (tertiary/aromatic N) is 2. The highest BCUT2D eigenvalue weighted by Gasteiger charge is 2.19. The van der Waals surface area contributed by atoms with Gasteiger partial charge in [0.2, 0.25) is 0 Å². The molecule has 230 valence electrons. The Morgan fingerprint density at radius 3 is 1.82 bits per heavy atom. The van der Waals surface area contributed by atoms with Crippen molar-refractivity contribution in [3.05, 3.63) is 182 Å². The number of para-hydroxylation sites is 2. The lowest BCUT2D eigenvalue weighted by Gasteiger charge is -2.26. The number of benzene rings is 8. The Morgan fingerprint density at radius 2 is 1.00 bits per heavy atom. The van der Waals surface area contributed by atoms with Gasteiger partial charge < -0.3 is 13.9 Å². The maximum Gasteiger partial charge on any atom is 0.143 e. The summed E-state index contributed by atoms with van der Waals surface area (Å²) in [6, 6.07) is 65.0. The summed E-state index contributed by atoms with van der Waals surface area (Å²) in [5.41, 5.74) is 11.0. The van der Waals surface area contributed by atoms with Crippen LogP contribution in [0, 0.1) is 0 Å². The van der Waals surface area contributed by atoms with Crippen molar-refractivity contribution < 1.29 is 4.42 Å². The van der Waals surface area contributed by atoms with Gasteiger partial charge in [-0.15, -0.1) is 0 Å². The molecule has 10 aromatic rings. The van der Waals surface area contributed by atoms with Crippen LogP contribution < -0.4 is 4.90 Å². The van der Waals surface area contributed by atoms with Gasteiger partial charge in [-0.25, -0.2) is 0 Å². The number of hydrogen-bond acceptors (Lipinski definition) is 2. The molecule has 0 N–H and O–H groups in total. The molecule has 8 aromatic carbocycles. The molecular formula is C46H30N2O. The summed E-state index contributed by atoms with van der Waals surface area (Å²) >= 11 is 0. The predicted molar refractivity (Wildman–Crippen MR) is 206 cm³/mol. The van der Waals surface area contributed by atoms with Crippen molar-refractivity contribution in [2.45, 2.75) is 0 Å². The van der Waals surface area contributed by atoms with E-state index in [2.05, 4.69) is 191 Å². The van der Waals surface area contributed by atoms with Crippen LogP contribution in [0.5, 0.6) is 0 Å². The molecule has 0 radical (unpaired) electrons. The first kappa shape index (κ1) is 27.5. The summed E-state index contributed by atoms with van der Waals surface area (Å²) in [5.74, 6) is 0. The molecule has 3 heteroatoms. The van der Waals surface area contributed by atoms with E-state index < -0.39 is 0 Å². The zero-order chi connectivity index (χ0) is 32.3. The molecular weight excluding hydrogens is 597 g/mol. The number of aromatic nitrogens is 1. The lowest BCUT2D eigenvalue weighted by molar-refractivity contribution is 0.672. The van der Waals surface area contributed by atoms with Gasteiger partial charge in [0.15, 0.2) is 0 Å². The third-order valence-electron chi connectivity index (χ3n) is 9.76. The molecule has 0 unspecified atom stereocenters. The van der Waals surface area contributed by atoms with Gasteiger partial charge in [-0.1, -0.05) is 109 Å². The van der Waals surface area contributed by atoms with Crippen molar-refractivity contribution in [1.82, 2.24) is 4.57 Å². The first-order valence-electron chi connectivity index (χ1n) is 16.7. The molecule has 0 bridgehead atoms. The summed E-state index contributed by atoms with van der Waals surface area (Å²) in [6.45, 7) is 0. The molecule has 10 rings (SSSR count). The molecule has 0 atom stereocenters. The normalized spacial score (nSPS) is 11.7. The smallest absolute Gasteiger partial charge is 0.143 e. The van der Waals surface area contributed by atoms with E-state index in [1.165, 1.54) is 38.3 Å². The van der Waals surface area contributed by atoms with Gasteiger partial charge in [0, 0.05) is 49.7 Å². The van der Waals surface area contributed by atoms with Crippen molar-refractivity contribution in [3.63, 3.8) is 0 Å². The van der Waals surface area contributed by atoms with Gasteiger partial charge in [0.25, 0.3) is 0 Å². The van der Waals surface area contributed by atoms with Crippen molar-refractivity contribution in [1.29, 1.82) is 0 Å². The van der Waals surface area contributed by atoms with E-state index in [0.29, 0.717) is 0 Å². The second-order valence-electron chi connectivity index (χ2n) is 12.6. The number of fused-ring (bicyclic) bond motifs is 8. The lowest BCUT2D eigenvalue weighted by Crippen LogP contribution is -2.09. The Bertz CT molecular complexity index is 2810. The van der Waals surface area contributed by atoms with Crippen LogP contribution in [-0.2, 0) is 0 Å². The summed E-state index contributed by atoms with van der Waals surface area (Å²) < 4.78 is 8.87. The first-order chi connectivity index (χ1) is 24.3. The second-order valence-corrected chi connectivity index (χ2v) is 12.6. The van der Waals surface area contributed by atoms with Gasteiger partial charge in [0.05, 0.1) is 11.0 Å². The van der Waals surface area contributed by atoms with E-state index in [-0.39, 0.29) is 0 Å². The fourth-order valence-electron chi connectivity index (χ4n) is 7.47. The average molecular weight is 627 g/mol. The Hall–Kier alpha value is -6.58. The maximum absolute atomic E-state index is 6.51. The maximum atomic E-state index is 6.51.